The predicted molar refractivity (Wildman–Crippen MR) is 118 cm³/mol. The molecule has 0 saturated heterocycles. The number of ether oxygens (including phenoxy) is 3. The Kier molecular flexibility index (Phi) is 9.79. The van der Waals surface area contributed by atoms with E-state index in [1.807, 2.05) is 6.07 Å². The van der Waals surface area contributed by atoms with E-state index in [-0.39, 0.29) is 5.56 Å². The van der Waals surface area contributed by atoms with Gasteiger partial charge in [-0.1, -0.05) is 49.6 Å². The summed E-state index contributed by atoms with van der Waals surface area (Å²) < 4.78 is 28.4. The average molecular weight is 418 g/mol. The second kappa shape index (κ2) is 12.3. The fourth-order valence-corrected chi connectivity index (χ4v) is 4.60. The maximum atomic E-state index is 12.8. The van der Waals surface area contributed by atoms with Crippen molar-refractivity contribution in [2.75, 3.05) is 27.5 Å². The third kappa shape index (κ3) is 6.93. The molecule has 0 fully saturated rings. The molecule has 0 N–H and O–H groups in total. The molecule has 0 aromatic heterocycles. The lowest BCUT2D eigenvalue weighted by atomic mass is 10.1. The van der Waals surface area contributed by atoms with Crippen LogP contribution < -0.4 is 14.2 Å². The maximum absolute atomic E-state index is 12.8. The van der Waals surface area contributed by atoms with Gasteiger partial charge in [-0.2, -0.15) is 0 Å². The number of carbonyl (C=O) groups excluding carboxylic acids is 1. The Bertz CT molecular complexity index is 779. The lowest BCUT2D eigenvalue weighted by Crippen LogP contribution is -2.04. The zero-order valence-corrected chi connectivity index (χ0v) is 18.5. The summed E-state index contributed by atoms with van der Waals surface area (Å²) in [6.45, 7) is 0. The molecule has 0 aliphatic carbocycles. The molecular weight excluding hydrogens is 387 g/mol. The van der Waals surface area contributed by atoms with Gasteiger partial charge in [-0.25, -0.2) is 0 Å². The van der Waals surface area contributed by atoms with Crippen molar-refractivity contribution in [1.29, 1.82) is 0 Å². The monoisotopic (exact) mass is 418 g/mol. The third-order valence-corrected chi connectivity index (χ3v) is 6.47. The quantitative estimate of drug-likeness (QED) is 0.313. The summed E-state index contributed by atoms with van der Waals surface area (Å²) in [6, 6.07) is 13.7. The van der Waals surface area contributed by atoms with Gasteiger partial charge in [0.25, 0.3) is 0 Å². The molecule has 2 aromatic rings. The lowest BCUT2D eigenvalue weighted by molar-refractivity contribution is 0.107. The molecule has 6 heteroatoms. The molecule has 0 heterocycles. The van der Waals surface area contributed by atoms with Crippen LogP contribution in [-0.2, 0) is 11.0 Å². The van der Waals surface area contributed by atoms with Gasteiger partial charge < -0.3 is 18.8 Å². The summed E-state index contributed by atoms with van der Waals surface area (Å²) in [5.74, 6) is 1.17. The van der Waals surface area contributed by atoms with E-state index in [1.165, 1.54) is 26.9 Å². The van der Waals surface area contributed by atoms with Crippen molar-refractivity contribution in [2.24, 2.45) is 0 Å². The Labute approximate surface area is 174 Å². The summed E-state index contributed by atoms with van der Waals surface area (Å²) in [6.07, 6.45) is 6.66. The van der Waals surface area contributed by atoms with Crippen LogP contribution in [0.1, 0.15) is 48.0 Å². The molecule has 0 bridgehead atoms. The highest BCUT2D eigenvalue weighted by atomic mass is 31.1. The lowest BCUT2D eigenvalue weighted by Gasteiger charge is -2.14. The van der Waals surface area contributed by atoms with E-state index in [1.54, 1.807) is 12.1 Å². The molecule has 1 unspecified atom stereocenters. The Balaban J connectivity index is 1.80. The first-order valence-electron chi connectivity index (χ1n) is 10.0. The zero-order valence-electron chi connectivity index (χ0n) is 17.5. The van der Waals surface area contributed by atoms with Gasteiger partial charge in [0, 0.05) is 18.3 Å². The van der Waals surface area contributed by atoms with Crippen molar-refractivity contribution in [3.05, 3.63) is 53.6 Å². The first-order valence-corrected chi connectivity index (χ1v) is 11.6. The van der Waals surface area contributed by atoms with Crippen LogP contribution in [0.25, 0.3) is 0 Å². The Morgan fingerprint density at radius 2 is 1.41 bits per heavy atom. The standard InChI is InChI=1S/C23H31O5P/c1-26-19-16-20(27-2)22(21(17-19)28-3)23(24)29(25)15-11-6-4-5-8-12-18-13-9-7-10-14-18/h7,9-10,13-14,16-17,29H,4-6,8,11-12,15H2,1-3H3. The van der Waals surface area contributed by atoms with E-state index < -0.39 is 13.3 Å². The molecule has 158 valence electrons. The number of hydrogen-bond acceptors (Lipinski definition) is 5. The van der Waals surface area contributed by atoms with E-state index in [0.29, 0.717) is 23.4 Å². The first-order chi connectivity index (χ1) is 14.1. The second-order valence-corrected chi connectivity index (χ2v) is 8.71. The summed E-state index contributed by atoms with van der Waals surface area (Å²) in [7, 11) is 2.04. The van der Waals surface area contributed by atoms with Crippen LogP contribution in [0.3, 0.4) is 0 Å². The van der Waals surface area contributed by atoms with Crippen LogP contribution in [0.2, 0.25) is 0 Å². The SMILES string of the molecule is COc1cc(OC)c(C(=O)[PH](=O)CCCCCCCc2ccccc2)c(OC)c1. The number of hydrogen-bond donors (Lipinski definition) is 0. The number of carbonyl (C=O) groups is 1. The van der Waals surface area contributed by atoms with E-state index in [4.69, 9.17) is 14.2 Å². The van der Waals surface area contributed by atoms with Gasteiger partial charge in [0.2, 0.25) is 5.52 Å². The van der Waals surface area contributed by atoms with Crippen molar-refractivity contribution in [3.8, 4) is 17.2 Å². The average Bonchev–Trinajstić information content (AvgIpc) is 2.77. The van der Waals surface area contributed by atoms with Crippen molar-refractivity contribution < 1.29 is 23.6 Å². The topological polar surface area (TPSA) is 61.8 Å². The Morgan fingerprint density at radius 3 is 2.00 bits per heavy atom. The molecule has 0 aliphatic rings. The highest BCUT2D eigenvalue weighted by Crippen LogP contribution is 2.40. The minimum atomic E-state index is -2.43. The van der Waals surface area contributed by atoms with Gasteiger partial charge in [0.1, 0.15) is 30.6 Å². The van der Waals surface area contributed by atoms with Crippen LogP contribution in [0.5, 0.6) is 17.2 Å². The highest BCUT2D eigenvalue weighted by molar-refractivity contribution is 7.64. The number of benzene rings is 2. The molecule has 0 radical (unpaired) electrons. The minimum Gasteiger partial charge on any atom is -0.496 e. The van der Waals surface area contributed by atoms with E-state index in [0.717, 1.165) is 38.5 Å². The zero-order chi connectivity index (χ0) is 21.1. The number of unbranched alkanes of at least 4 members (excludes halogenated alkanes) is 4. The van der Waals surface area contributed by atoms with Gasteiger partial charge in [-0.3, -0.25) is 4.79 Å². The summed E-state index contributed by atoms with van der Waals surface area (Å²) in [5.41, 5.74) is 1.21. The highest BCUT2D eigenvalue weighted by Gasteiger charge is 2.24. The molecule has 0 spiro atoms. The maximum Gasteiger partial charge on any atom is 0.225 e. The minimum absolute atomic E-state index is 0.238. The van der Waals surface area contributed by atoms with Crippen LogP contribution in [0.15, 0.2) is 42.5 Å². The fourth-order valence-electron chi connectivity index (χ4n) is 3.27. The predicted octanol–water partition coefficient (Wildman–Crippen LogP) is 5.61. The van der Waals surface area contributed by atoms with E-state index in [9.17, 15) is 9.36 Å². The molecular formula is C23H31O5P. The molecule has 2 rings (SSSR count). The number of rotatable bonds is 13. The summed E-state index contributed by atoms with van der Waals surface area (Å²) >= 11 is 0. The van der Waals surface area contributed by atoms with Gasteiger partial charge in [-0.05, 0) is 24.8 Å². The molecule has 0 aliphatic heterocycles. The summed E-state index contributed by atoms with van der Waals surface area (Å²) in [4.78, 5) is 12.8. The van der Waals surface area contributed by atoms with Crippen molar-refractivity contribution in [2.45, 2.75) is 38.5 Å². The van der Waals surface area contributed by atoms with Gasteiger partial charge >= 0.3 is 0 Å². The van der Waals surface area contributed by atoms with Crippen molar-refractivity contribution in [1.82, 2.24) is 0 Å². The molecule has 1 atom stereocenters. The van der Waals surface area contributed by atoms with Crippen LogP contribution >= 0.6 is 7.80 Å². The van der Waals surface area contributed by atoms with E-state index >= 15 is 0 Å². The van der Waals surface area contributed by atoms with Gasteiger partial charge in [0.15, 0.2) is 0 Å². The van der Waals surface area contributed by atoms with Gasteiger partial charge in [-0.15, -0.1) is 0 Å². The molecule has 0 saturated carbocycles. The van der Waals surface area contributed by atoms with E-state index in [2.05, 4.69) is 24.3 Å². The fraction of sp³-hybridized carbons (Fsp3) is 0.435. The summed E-state index contributed by atoms with van der Waals surface area (Å²) in [5, 5.41) is 0. The second-order valence-electron chi connectivity index (χ2n) is 6.91. The Morgan fingerprint density at radius 1 is 0.828 bits per heavy atom. The molecule has 2 aromatic carbocycles. The van der Waals surface area contributed by atoms with Crippen LogP contribution in [-0.4, -0.2) is 33.0 Å². The van der Waals surface area contributed by atoms with Crippen LogP contribution in [0, 0.1) is 0 Å². The number of methoxy groups -OCH3 is 3. The normalized spacial score (nSPS) is 11.7. The van der Waals surface area contributed by atoms with Crippen molar-refractivity contribution in [3.63, 3.8) is 0 Å². The number of aryl methyl sites for hydroxylation is 1. The molecule has 0 amide bonds. The third-order valence-electron chi connectivity index (χ3n) is 4.91. The smallest absolute Gasteiger partial charge is 0.225 e. The van der Waals surface area contributed by atoms with Crippen LogP contribution in [0.4, 0.5) is 0 Å². The molecule has 29 heavy (non-hydrogen) atoms. The first kappa shape index (κ1) is 23.0. The Hall–Kier alpha value is -2.26. The van der Waals surface area contributed by atoms with Gasteiger partial charge in [0.05, 0.1) is 21.3 Å². The molecule has 5 nitrogen and oxygen atoms in total. The largest absolute Gasteiger partial charge is 0.496 e. The van der Waals surface area contributed by atoms with Crippen molar-refractivity contribution >= 4 is 13.3 Å².